The molecule has 1 amide bonds. The van der Waals surface area contributed by atoms with E-state index in [0.717, 1.165) is 0 Å². The molecule has 0 fully saturated rings. The Morgan fingerprint density at radius 3 is 2.58 bits per heavy atom. The Balaban J connectivity index is 2.37. The van der Waals surface area contributed by atoms with Crippen LogP contribution in [-0.2, 0) is 0 Å². The Morgan fingerprint density at radius 2 is 1.95 bits per heavy atom. The van der Waals surface area contributed by atoms with E-state index >= 15 is 0 Å². The molecule has 0 heterocycles. The number of anilines is 1. The standard InChI is InChI=1S/C14H13FN2O2/c1-8-6-10(3-4-12(8)15)19-13-5-2-9(16)7-11(13)14(17)18/h2-7H,16H2,1H3,(H2,17,18). The Morgan fingerprint density at radius 1 is 1.21 bits per heavy atom. The zero-order chi connectivity index (χ0) is 14.0. The molecule has 2 aromatic carbocycles. The fourth-order valence-corrected chi connectivity index (χ4v) is 1.64. The van der Waals surface area contributed by atoms with Crippen LogP contribution < -0.4 is 16.2 Å². The van der Waals surface area contributed by atoms with Crippen LogP contribution in [0.2, 0.25) is 0 Å². The van der Waals surface area contributed by atoms with Crippen molar-refractivity contribution in [1.82, 2.24) is 0 Å². The van der Waals surface area contributed by atoms with Crippen molar-refractivity contribution in [3.8, 4) is 11.5 Å². The first-order valence-corrected chi connectivity index (χ1v) is 5.60. The third kappa shape index (κ3) is 2.82. The molecule has 2 aromatic rings. The van der Waals surface area contributed by atoms with Crippen molar-refractivity contribution < 1.29 is 13.9 Å². The zero-order valence-corrected chi connectivity index (χ0v) is 10.3. The summed E-state index contributed by atoms with van der Waals surface area (Å²) in [5, 5.41) is 0. The molecule has 0 aliphatic carbocycles. The number of halogens is 1. The number of nitrogens with two attached hydrogens (primary N) is 2. The fourth-order valence-electron chi connectivity index (χ4n) is 1.64. The van der Waals surface area contributed by atoms with Crippen LogP contribution in [0.5, 0.6) is 11.5 Å². The highest BCUT2D eigenvalue weighted by molar-refractivity contribution is 5.96. The second-order valence-corrected chi connectivity index (χ2v) is 4.13. The normalized spacial score (nSPS) is 10.2. The van der Waals surface area contributed by atoms with Crippen LogP contribution in [0.1, 0.15) is 15.9 Å². The Labute approximate surface area is 109 Å². The first-order valence-electron chi connectivity index (χ1n) is 5.60. The third-order valence-electron chi connectivity index (χ3n) is 2.63. The Kier molecular flexibility index (Phi) is 3.37. The van der Waals surface area contributed by atoms with Crippen molar-refractivity contribution in [2.45, 2.75) is 6.92 Å². The van der Waals surface area contributed by atoms with Crippen molar-refractivity contribution in [1.29, 1.82) is 0 Å². The van der Waals surface area contributed by atoms with Gasteiger partial charge in [0, 0.05) is 5.69 Å². The molecule has 0 radical (unpaired) electrons. The molecular weight excluding hydrogens is 247 g/mol. The van der Waals surface area contributed by atoms with Gasteiger partial charge in [-0.05, 0) is 48.9 Å². The number of amides is 1. The number of ether oxygens (including phenoxy) is 1. The second-order valence-electron chi connectivity index (χ2n) is 4.13. The topological polar surface area (TPSA) is 78.3 Å². The molecule has 4 nitrogen and oxygen atoms in total. The largest absolute Gasteiger partial charge is 0.457 e. The van der Waals surface area contributed by atoms with Crippen LogP contribution in [-0.4, -0.2) is 5.91 Å². The maximum Gasteiger partial charge on any atom is 0.252 e. The van der Waals surface area contributed by atoms with Gasteiger partial charge in [0.25, 0.3) is 5.91 Å². The molecule has 98 valence electrons. The predicted octanol–water partition coefficient (Wildman–Crippen LogP) is 2.61. The number of nitrogen functional groups attached to an aromatic ring is 1. The number of rotatable bonds is 3. The van der Waals surface area contributed by atoms with Crippen molar-refractivity contribution >= 4 is 11.6 Å². The molecule has 0 spiro atoms. The maximum absolute atomic E-state index is 13.2. The van der Waals surface area contributed by atoms with E-state index in [1.54, 1.807) is 19.1 Å². The second kappa shape index (κ2) is 4.97. The summed E-state index contributed by atoms with van der Waals surface area (Å²) in [5.41, 5.74) is 11.9. The highest BCUT2D eigenvalue weighted by Gasteiger charge is 2.11. The van der Waals surface area contributed by atoms with E-state index in [2.05, 4.69) is 0 Å². The lowest BCUT2D eigenvalue weighted by molar-refractivity contribution is 0.0998. The minimum absolute atomic E-state index is 0.182. The molecule has 4 N–H and O–H groups in total. The van der Waals surface area contributed by atoms with E-state index < -0.39 is 5.91 Å². The van der Waals surface area contributed by atoms with Crippen molar-refractivity contribution in [2.24, 2.45) is 5.73 Å². The Hall–Kier alpha value is -2.56. The highest BCUT2D eigenvalue weighted by Crippen LogP contribution is 2.27. The van der Waals surface area contributed by atoms with E-state index in [-0.39, 0.29) is 17.1 Å². The molecule has 0 bridgehead atoms. The van der Waals surface area contributed by atoms with E-state index in [0.29, 0.717) is 17.0 Å². The van der Waals surface area contributed by atoms with Gasteiger partial charge in [-0.15, -0.1) is 0 Å². The van der Waals surface area contributed by atoms with Gasteiger partial charge in [0.2, 0.25) is 0 Å². The summed E-state index contributed by atoms with van der Waals surface area (Å²) in [4.78, 5) is 11.3. The van der Waals surface area contributed by atoms with Gasteiger partial charge in [0.05, 0.1) is 5.56 Å². The van der Waals surface area contributed by atoms with Gasteiger partial charge in [0.15, 0.2) is 0 Å². The first-order chi connectivity index (χ1) is 8.97. The van der Waals surface area contributed by atoms with E-state index in [1.807, 2.05) is 0 Å². The lowest BCUT2D eigenvalue weighted by Crippen LogP contribution is -2.12. The lowest BCUT2D eigenvalue weighted by atomic mass is 10.1. The third-order valence-corrected chi connectivity index (χ3v) is 2.63. The number of carbonyl (C=O) groups is 1. The molecule has 0 saturated heterocycles. The summed E-state index contributed by atoms with van der Waals surface area (Å²) < 4.78 is 18.7. The summed E-state index contributed by atoms with van der Waals surface area (Å²) in [6, 6.07) is 8.89. The lowest BCUT2D eigenvalue weighted by Gasteiger charge is -2.10. The number of hydrogen-bond acceptors (Lipinski definition) is 3. The van der Waals surface area contributed by atoms with Gasteiger partial charge in [-0.2, -0.15) is 0 Å². The van der Waals surface area contributed by atoms with Gasteiger partial charge in [-0.1, -0.05) is 0 Å². The van der Waals surface area contributed by atoms with Gasteiger partial charge >= 0.3 is 0 Å². The molecule has 0 aromatic heterocycles. The van der Waals surface area contributed by atoms with Gasteiger partial charge in [-0.3, -0.25) is 4.79 Å². The van der Waals surface area contributed by atoms with Gasteiger partial charge in [-0.25, -0.2) is 4.39 Å². The molecule has 0 unspecified atom stereocenters. The zero-order valence-electron chi connectivity index (χ0n) is 10.3. The summed E-state index contributed by atoms with van der Waals surface area (Å²) in [6.45, 7) is 1.63. The Bertz CT molecular complexity index is 641. The minimum atomic E-state index is -0.638. The van der Waals surface area contributed by atoms with Crippen LogP contribution >= 0.6 is 0 Å². The SMILES string of the molecule is Cc1cc(Oc2ccc(N)cc2C(N)=O)ccc1F. The molecule has 0 aliphatic heterocycles. The summed E-state index contributed by atoms with van der Waals surface area (Å²) >= 11 is 0. The number of hydrogen-bond donors (Lipinski definition) is 2. The summed E-state index contributed by atoms with van der Waals surface area (Å²) in [5.74, 6) is -0.250. The smallest absolute Gasteiger partial charge is 0.252 e. The molecule has 2 rings (SSSR count). The molecule has 0 saturated carbocycles. The van der Waals surface area contributed by atoms with Crippen LogP contribution in [0.3, 0.4) is 0 Å². The van der Waals surface area contributed by atoms with Crippen LogP contribution in [0, 0.1) is 12.7 Å². The number of carbonyl (C=O) groups excluding carboxylic acids is 1. The highest BCUT2D eigenvalue weighted by atomic mass is 19.1. The quantitative estimate of drug-likeness (QED) is 0.832. The van der Waals surface area contributed by atoms with Crippen LogP contribution in [0.15, 0.2) is 36.4 Å². The summed E-state index contributed by atoms with van der Waals surface area (Å²) in [6.07, 6.45) is 0. The van der Waals surface area contributed by atoms with Gasteiger partial charge in [0.1, 0.15) is 17.3 Å². The van der Waals surface area contributed by atoms with E-state index in [1.165, 1.54) is 24.3 Å². The summed E-state index contributed by atoms with van der Waals surface area (Å²) in [7, 11) is 0. The molecule has 0 atom stereocenters. The van der Waals surface area contributed by atoms with Crippen LogP contribution in [0.25, 0.3) is 0 Å². The molecule has 19 heavy (non-hydrogen) atoms. The van der Waals surface area contributed by atoms with Crippen molar-refractivity contribution in [2.75, 3.05) is 5.73 Å². The number of primary amides is 1. The predicted molar refractivity (Wildman–Crippen MR) is 70.6 cm³/mol. The van der Waals surface area contributed by atoms with Gasteiger partial charge < -0.3 is 16.2 Å². The molecule has 0 aliphatic rings. The average molecular weight is 260 g/mol. The maximum atomic E-state index is 13.2. The monoisotopic (exact) mass is 260 g/mol. The molecule has 5 heteroatoms. The molecular formula is C14H13FN2O2. The van der Waals surface area contributed by atoms with E-state index in [4.69, 9.17) is 16.2 Å². The van der Waals surface area contributed by atoms with Crippen LogP contribution in [0.4, 0.5) is 10.1 Å². The number of benzene rings is 2. The number of aryl methyl sites for hydroxylation is 1. The minimum Gasteiger partial charge on any atom is -0.457 e. The average Bonchev–Trinajstić information content (AvgIpc) is 2.36. The van der Waals surface area contributed by atoms with Crippen molar-refractivity contribution in [3.63, 3.8) is 0 Å². The van der Waals surface area contributed by atoms with E-state index in [9.17, 15) is 9.18 Å². The fraction of sp³-hybridized carbons (Fsp3) is 0.0714. The van der Waals surface area contributed by atoms with Crippen molar-refractivity contribution in [3.05, 3.63) is 53.3 Å². The first kappa shape index (κ1) is 12.9.